The lowest BCUT2D eigenvalue weighted by Crippen LogP contribution is -2.50. The number of carbonyl (C=O) groups excluding carboxylic acids is 2. The molecule has 0 unspecified atom stereocenters. The van der Waals surface area contributed by atoms with Gasteiger partial charge in [-0.05, 0) is 49.9 Å². The predicted octanol–water partition coefficient (Wildman–Crippen LogP) is 3.80. The third kappa shape index (κ3) is 6.18. The van der Waals surface area contributed by atoms with Gasteiger partial charge in [-0.15, -0.1) is 0 Å². The minimum Gasteiger partial charge on any atom is -0.459 e. The summed E-state index contributed by atoms with van der Waals surface area (Å²) in [6.07, 6.45) is -3.78. The van der Waals surface area contributed by atoms with Crippen molar-refractivity contribution in [3.05, 3.63) is 35.0 Å². The number of benzene rings is 1. The zero-order valence-corrected chi connectivity index (χ0v) is 18.5. The first-order chi connectivity index (χ1) is 15.7. The molecule has 2 amide bonds. The van der Waals surface area contributed by atoms with Crippen LogP contribution in [0.15, 0.2) is 28.7 Å². The maximum absolute atomic E-state index is 12.5. The number of alkyl halides is 3. The molecule has 4 rings (SSSR count). The van der Waals surface area contributed by atoms with Gasteiger partial charge < -0.3 is 14.5 Å². The van der Waals surface area contributed by atoms with Crippen molar-refractivity contribution in [3.63, 3.8) is 0 Å². The minimum atomic E-state index is -4.20. The lowest BCUT2D eigenvalue weighted by molar-refractivity contribution is -0.219. The molecule has 0 radical (unpaired) electrons. The molecule has 11 heteroatoms. The van der Waals surface area contributed by atoms with Crippen LogP contribution >= 0.6 is 11.6 Å². The Labute approximate surface area is 193 Å². The summed E-state index contributed by atoms with van der Waals surface area (Å²) < 4.78 is 48.4. The molecule has 2 aromatic rings. The molecule has 2 fully saturated rings. The number of hydrogen-bond acceptors (Lipinski definition) is 5. The normalized spacial score (nSPS) is 22.2. The smallest absolute Gasteiger partial charge is 0.392 e. The van der Waals surface area contributed by atoms with Crippen LogP contribution in [0.1, 0.15) is 31.4 Å². The van der Waals surface area contributed by atoms with E-state index in [0.29, 0.717) is 42.3 Å². The third-order valence-corrected chi connectivity index (χ3v) is 6.36. The zero-order chi connectivity index (χ0) is 23.6. The number of nitrogens with zero attached hydrogens (tertiary/aromatic N) is 1. The van der Waals surface area contributed by atoms with Gasteiger partial charge in [0.15, 0.2) is 0 Å². The summed E-state index contributed by atoms with van der Waals surface area (Å²) in [5.74, 6) is -1.35. The summed E-state index contributed by atoms with van der Waals surface area (Å²) in [5.41, 5.74) is 3.39. The van der Waals surface area contributed by atoms with Crippen LogP contribution in [-0.4, -0.2) is 48.8 Å². The first-order valence-electron chi connectivity index (χ1n) is 10.9. The van der Waals surface area contributed by atoms with Gasteiger partial charge in [0.25, 0.3) is 5.91 Å². The fraction of sp³-hybridized carbons (Fsp3) is 0.545. The van der Waals surface area contributed by atoms with Gasteiger partial charge in [0.1, 0.15) is 18.0 Å². The number of hydrazine groups is 1. The van der Waals surface area contributed by atoms with Gasteiger partial charge in [-0.2, -0.15) is 13.2 Å². The summed E-state index contributed by atoms with van der Waals surface area (Å²) in [5, 5.41) is 6.08. The first-order valence-corrected chi connectivity index (χ1v) is 11.2. The van der Waals surface area contributed by atoms with Crippen LogP contribution < -0.4 is 10.7 Å². The molecule has 2 heterocycles. The molecule has 0 spiro atoms. The van der Waals surface area contributed by atoms with E-state index in [0.717, 1.165) is 5.39 Å². The van der Waals surface area contributed by atoms with Crippen LogP contribution in [0, 0.1) is 11.8 Å². The standard InChI is InChI=1S/C22H25ClF3N3O4/c23-16-1-2-19-14(7-16)8-18(33-19)11-27-21(31)13-3-5-29(6-4-13)28-20(30)12-32-17-9-15(10-17)22(24,25)26/h1-2,7-8,13,15,17H,3-6,9-12H2,(H,27,31)(H,28,30). The molecule has 33 heavy (non-hydrogen) atoms. The molecule has 0 bridgehead atoms. The van der Waals surface area contributed by atoms with Gasteiger partial charge in [0.05, 0.1) is 18.6 Å². The maximum atomic E-state index is 12.5. The van der Waals surface area contributed by atoms with Crippen LogP contribution in [0.4, 0.5) is 13.2 Å². The highest BCUT2D eigenvalue weighted by molar-refractivity contribution is 6.31. The molecule has 180 valence electrons. The average Bonchev–Trinajstić information content (AvgIpc) is 3.12. The Bertz CT molecular complexity index is 998. The Kier molecular flexibility index (Phi) is 7.16. The number of hydrogen-bond donors (Lipinski definition) is 2. The minimum absolute atomic E-state index is 0.0769. The van der Waals surface area contributed by atoms with Crippen LogP contribution in [0.5, 0.6) is 0 Å². The highest BCUT2D eigenvalue weighted by Gasteiger charge is 2.48. The quantitative estimate of drug-likeness (QED) is 0.620. The topological polar surface area (TPSA) is 83.8 Å². The molecule has 2 N–H and O–H groups in total. The Morgan fingerprint density at radius 2 is 1.91 bits per heavy atom. The van der Waals surface area contributed by atoms with Crippen molar-refractivity contribution in [1.29, 1.82) is 0 Å². The van der Waals surface area contributed by atoms with Crippen molar-refractivity contribution >= 4 is 34.4 Å². The van der Waals surface area contributed by atoms with Crippen molar-refractivity contribution in [1.82, 2.24) is 15.8 Å². The summed E-state index contributed by atoms with van der Waals surface area (Å²) >= 11 is 5.98. The maximum Gasteiger partial charge on any atom is 0.392 e. The van der Waals surface area contributed by atoms with Crippen LogP contribution in [0.25, 0.3) is 11.0 Å². The number of nitrogens with one attached hydrogen (secondary N) is 2. The monoisotopic (exact) mass is 487 g/mol. The molecule has 1 aliphatic carbocycles. The second-order valence-corrected chi connectivity index (χ2v) is 8.99. The van der Waals surface area contributed by atoms with E-state index in [-0.39, 0.29) is 37.8 Å². The summed E-state index contributed by atoms with van der Waals surface area (Å²) in [7, 11) is 0. The SMILES string of the molecule is O=C(COC1CC(C(F)(F)F)C1)NN1CCC(C(=O)NCc2cc3cc(Cl)ccc3o2)CC1. The Balaban J connectivity index is 1.13. The van der Waals surface area contributed by atoms with Gasteiger partial charge in [-0.1, -0.05) is 11.6 Å². The largest absolute Gasteiger partial charge is 0.459 e. The Hall–Kier alpha value is -2.30. The van der Waals surface area contributed by atoms with Gasteiger partial charge in [0, 0.05) is 29.4 Å². The second kappa shape index (κ2) is 9.90. The van der Waals surface area contributed by atoms with E-state index in [2.05, 4.69) is 10.7 Å². The number of carbonyl (C=O) groups is 2. The number of furan rings is 1. The van der Waals surface area contributed by atoms with E-state index in [1.54, 1.807) is 23.2 Å². The number of halogens is 4. The third-order valence-electron chi connectivity index (χ3n) is 6.12. The second-order valence-electron chi connectivity index (χ2n) is 8.55. The average molecular weight is 488 g/mol. The van der Waals surface area contributed by atoms with Crippen molar-refractivity contribution in [2.45, 2.75) is 44.5 Å². The fourth-order valence-electron chi connectivity index (χ4n) is 4.10. The number of fused-ring (bicyclic) bond motifs is 1. The first kappa shape index (κ1) is 23.8. The van der Waals surface area contributed by atoms with E-state index in [1.165, 1.54) is 0 Å². The molecule has 1 saturated heterocycles. The molecule has 0 atom stereocenters. The molecule has 2 aliphatic rings. The van der Waals surface area contributed by atoms with Gasteiger partial charge in [0.2, 0.25) is 5.91 Å². The van der Waals surface area contributed by atoms with Crippen molar-refractivity contribution in [2.75, 3.05) is 19.7 Å². The van der Waals surface area contributed by atoms with Gasteiger partial charge in [-0.3, -0.25) is 15.0 Å². The van der Waals surface area contributed by atoms with Crippen molar-refractivity contribution in [3.8, 4) is 0 Å². The summed E-state index contributed by atoms with van der Waals surface area (Å²) in [6, 6.07) is 7.16. The van der Waals surface area contributed by atoms with E-state index in [9.17, 15) is 22.8 Å². The van der Waals surface area contributed by atoms with Gasteiger partial charge >= 0.3 is 6.18 Å². The number of ether oxygens (including phenoxy) is 1. The number of amides is 2. The predicted molar refractivity (Wildman–Crippen MR) is 114 cm³/mol. The highest BCUT2D eigenvalue weighted by atomic mass is 35.5. The fourth-order valence-corrected chi connectivity index (χ4v) is 4.28. The van der Waals surface area contributed by atoms with E-state index < -0.39 is 24.1 Å². The molecule has 7 nitrogen and oxygen atoms in total. The Morgan fingerprint density at radius 3 is 2.61 bits per heavy atom. The van der Waals surface area contributed by atoms with Crippen LogP contribution in [-0.2, 0) is 20.9 Å². The van der Waals surface area contributed by atoms with E-state index in [1.807, 2.05) is 6.07 Å². The Morgan fingerprint density at radius 1 is 1.18 bits per heavy atom. The van der Waals surface area contributed by atoms with E-state index >= 15 is 0 Å². The molecule has 1 aromatic carbocycles. The molecule has 1 aromatic heterocycles. The van der Waals surface area contributed by atoms with Crippen LogP contribution in [0.2, 0.25) is 5.02 Å². The molecular formula is C22H25ClF3N3O4. The lowest BCUT2D eigenvalue weighted by Gasteiger charge is -2.36. The highest BCUT2D eigenvalue weighted by Crippen LogP contribution is 2.42. The molecule has 1 saturated carbocycles. The summed E-state index contributed by atoms with van der Waals surface area (Å²) in [4.78, 5) is 24.5. The lowest BCUT2D eigenvalue weighted by atomic mass is 9.82. The van der Waals surface area contributed by atoms with Gasteiger partial charge in [-0.25, -0.2) is 5.01 Å². The van der Waals surface area contributed by atoms with Crippen LogP contribution in [0.3, 0.4) is 0 Å². The van der Waals surface area contributed by atoms with Crippen molar-refractivity contribution < 1.29 is 31.9 Å². The molecular weight excluding hydrogens is 463 g/mol. The number of rotatable bonds is 7. The number of piperidine rings is 1. The van der Waals surface area contributed by atoms with E-state index in [4.69, 9.17) is 20.8 Å². The zero-order valence-electron chi connectivity index (χ0n) is 17.8. The molecule has 1 aliphatic heterocycles. The van der Waals surface area contributed by atoms with Crippen molar-refractivity contribution in [2.24, 2.45) is 11.8 Å². The summed E-state index contributed by atoms with van der Waals surface area (Å²) in [6.45, 7) is 0.979.